The van der Waals surface area contributed by atoms with E-state index in [1.807, 2.05) is 24.3 Å². The van der Waals surface area contributed by atoms with Gasteiger partial charge in [0.25, 0.3) is 0 Å². The van der Waals surface area contributed by atoms with Crippen molar-refractivity contribution in [2.45, 2.75) is 26.7 Å². The van der Waals surface area contributed by atoms with Gasteiger partial charge >= 0.3 is 6.09 Å². The molecule has 4 nitrogen and oxygen atoms in total. The second kappa shape index (κ2) is 5.11. The molecule has 1 aliphatic heterocycles. The number of carboxylic acid groups (broad SMARTS) is 1. The Balaban J connectivity index is 1.87. The fourth-order valence-electron chi connectivity index (χ4n) is 1.98. The molecule has 1 saturated heterocycles. The van der Waals surface area contributed by atoms with Crippen molar-refractivity contribution in [3.8, 4) is 5.75 Å². The molecule has 4 heteroatoms. The summed E-state index contributed by atoms with van der Waals surface area (Å²) >= 11 is 0. The molecule has 1 aromatic rings. The molecule has 0 aromatic heterocycles. The summed E-state index contributed by atoms with van der Waals surface area (Å²) in [5.74, 6) is 1.20. The minimum absolute atomic E-state index is 0.147. The maximum absolute atomic E-state index is 10.7. The molecule has 1 N–H and O–H groups in total. The van der Waals surface area contributed by atoms with Gasteiger partial charge in [-0.3, -0.25) is 0 Å². The van der Waals surface area contributed by atoms with Gasteiger partial charge < -0.3 is 14.7 Å². The molecule has 19 heavy (non-hydrogen) atoms. The highest BCUT2D eigenvalue weighted by Gasteiger charge is 2.31. The topological polar surface area (TPSA) is 49.8 Å². The van der Waals surface area contributed by atoms with Crippen LogP contribution >= 0.6 is 0 Å². The lowest BCUT2D eigenvalue weighted by Crippen LogP contribution is -2.47. The highest BCUT2D eigenvalue weighted by atomic mass is 16.5. The third kappa shape index (κ3) is 3.63. The van der Waals surface area contributed by atoms with Crippen LogP contribution in [0.5, 0.6) is 5.75 Å². The maximum Gasteiger partial charge on any atom is 0.407 e. The SMILES string of the molecule is CC(C)(C)COc1ccc(C2CN(C(=O)O)C2)cc1. The zero-order chi connectivity index (χ0) is 14.0. The summed E-state index contributed by atoms with van der Waals surface area (Å²) in [5.41, 5.74) is 1.33. The first-order valence-corrected chi connectivity index (χ1v) is 6.56. The normalized spacial score (nSPS) is 16.1. The van der Waals surface area contributed by atoms with E-state index in [4.69, 9.17) is 9.84 Å². The van der Waals surface area contributed by atoms with Crippen LogP contribution in [0.2, 0.25) is 0 Å². The number of ether oxygens (including phenoxy) is 1. The van der Waals surface area contributed by atoms with Crippen LogP contribution in [-0.4, -0.2) is 35.8 Å². The molecular weight excluding hydrogens is 242 g/mol. The van der Waals surface area contributed by atoms with Gasteiger partial charge in [0.05, 0.1) is 6.61 Å². The van der Waals surface area contributed by atoms with Crippen molar-refractivity contribution in [2.75, 3.05) is 19.7 Å². The predicted molar refractivity (Wildman–Crippen MR) is 73.7 cm³/mol. The zero-order valence-corrected chi connectivity index (χ0v) is 11.7. The third-order valence-corrected chi connectivity index (χ3v) is 3.18. The average molecular weight is 263 g/mol. The number of carbonyl (C=O) groups is 1. The zero-order valence-electron chi connectivity index (χ0n) is 11.7. The number of amides is 1. The van der Waals surface area contributed by atoms with Crippen molar-refractivity contribution in [3.63, 3.8) is 0 Å². The van der Waals surface area contributed by atoms with Gasteiger partial charge in [0.2, 0.25) is 0 Å². The summed E-state index contributed by atoms with van der Waals surface area (Å²) in [6.07, 6.45) is -0.832. The molecule has 0 atom stereocenters. The monoisotopic (exact) mass is 263 g/mol. The minimum Gasteiger partial charge on any atom is -0.493 e. The summed E-state index contributed by atoms with van der Waals surface area (Å²) in [4.78, 5) is 12.1. The van der Waals surface area contributed by atoms with Gasteiger partial charge in [-0.1, -0.05) is 32.9 Å². The van der Waals surface area contributed by atoms with E-state index < -0.39 is 6.09 Å². The van der Waals surface area contributed by atoms with E-state index in [1.54, 1.807) is 0 Å². The molecule has 0 aliphatic carbocycles. The van der Waals surface area contributed by atoms with Crippen LogP contribution in [0.25, 0.3) is 0 Å². The largest absolute Gasteiger partial charge is 0.493 e. The van der Waals surface area contributed by atoms with Crippen LogP contribution in [0.1, 0.15) is 32.3 Å². The molecule has 2 rings (SSSR count). The summed E-state index contributed by atoms with van der Waals surface area (Å²) in [6.45, 7) is 8.28. The molecule has 0 radical (unpaired) electrons. The van der Waals surface area contributed by atoms with Gasteiger partial charge in [0.1, 0.15) is 5.75 Å². The minimum atomic E-state index is -0.832. The smallest absolute Gasteiger partial charge is 0.407 e. The number of hydrogen-bond donors (Lipinski definition) is 1. The van der Waals surface area contributed by atoms with E-state index in [9.17, 15) is 4.79 Å². The highest BCUT2D eigenvalue weighted by Crippen LogP contribution is 2.28. The molecule has 0 unspecified atom stereocenters. The maximum atomic E-state index is 10.7. The summed E-state index contributed by atoms with van der Waals surface area (Å²) in [5, 5.41) is 8.79. The molecule has 104 valence electrons. The lowest BCUT2D eigenvalue weighted by Gasteiger charge is -2.37. The summed E-state index contributed by atoms with van der Waals surface area (Å²) in [7, 11) is 0. The molecule has 1 aromatic carbocycles. The molecule has 0 saturated carbocycles. The summed E-state index contributed by atoms with van der Waals surface area (Å²) in [6, 6.07) is 7.98. The Morgan fingerprint density at radius 3 is 2.37 bits per heavy atom. The van der Waals surface area contributed by atoms with E-state index in [1.165, 1.54) is 10.5 Å². The average Bonchev–Trinajstić information content (AvgIpc) is 2.24. The van der Waals surface area contributed by atoms with E-state index in [-0.39, 0.29) is 5.41 Å². The Hall–Kier alpha value is -1.71. The first-order valence-electron chi connectivity index (χ1n) is 6.56. The van der Waals surface area contributed by atoms with Gasteiger partial charge in [0, 0.05) is 19.0 Å². The van der Waals surface area contributed by atoms with Crippen molar-refractivity contribution in [1.29, 1.82) is 0 Å². The number of rotatable bonds is 3. The van der Waals surface area contributed by atoms with Crippen molar-refractivity contribution in [3.05, 3.63) is 29.8 Å². The molecule has 1 heterocycles. The van der Waals surface area contributed by atoms with Crippen molar-refractivity contribution >= 4 is 6.09 Å². The van der Waals surface area contributed by atoms with Gasteiger partial charge in [0.15, 0.2) is 0 Å². The van der Waals surface area contributed by atoms with Crippen LogP contribution in [0.15, 0.2) is 24.3 Å². The Bertz CT molecular complexity index is 441. The van der Waals surface area contributed by atoms with E-state index in [2.05, 4.69) is 20.8 Å². The van der Waals surface area contributed by atoms with Gasteiger partial charge in [-0.15, -0.1) is 0 Å². The lowest BCUT2D eigenvalue weighted by molar-refractivity contribution is 0.105. The van der Waals surface area contributed by atoms with Gasteiger partial charge in [-0.25, -0.2) is 4.79 Å². The second-order valence-corrected chi connectivity index (χ2v) is 6.30. The number of nitrogens with zero attached hydrogens (tertiary/aromatic N) is 1. The third-order valence-electron chi connectivity index (χ3n) is 3.18. The van der Waals surface area contributed by atoms with E-state index in [0.29, 0.717) is 25.6 Å². The molecule has 0 bridgehead atoms. The number of benzene rings is 1. The lowest BCUT2D eigenvalue weighted by atomic mass is 9.92. The van der Waals surface area contributed by atoms with Gasteiger partial charge in [-0.05, 0) is 23.1 Å². The van der Waals surface area contributed by atoms with E-state index in [0.717, 1.165) is 5.75 Å². The molecule has 1 fully saturated rings. The van der Waals surface area contributed by atoms with Crippen LogP contribution in [0.3, 0.4) is 0 Å². The van der Waals surface area contributed by atoms with Crippen molar-refractivity contribution < 1.29 is 14.6 Å². The van der Waals surface area contributed by atoms with Gasteiger partial charge in [-0.2, -0.15) is 0 Å². The van der Waals surface area contributed by atoms with Crippen molar-refractivity contribution in [1.82, 2.24) is 4.90 Å². The molecular formula is C15H21NO3. The first kappa shape index (κ1) is 13.7. The van der Waals surface area contributed by atoms with Crippen LogP contribution in [-0.2, 0) is 0 Å². The van der Waals surface area contributed by atoms with E-state index >= 15 is 0 Å². The Morgan fingerprint density at radius 2 is 1.89 bits per heavy atom. The summed E-state index contributed by atoms with van der Waals surface area (Å²) < 4.78 is 5.71. The Kier molecular flexibility index (Phi) is 3.69. The standard InChI is InChI=1S/C15H21NO3/c1-15(2,3)10-19-13-6-4-11(5-7-13)12-8-16(9-12)14(17)18/h4-7,12H,8-10H2,1-3H3,(H,17,18). The fourth-order valence-corrected chi connectivity index (χ4v) is 1.98. The van der Waals surface area contributed by atoms with Crippen LogP contribution in [0.4, 0.5) is 4.79 Å². The highest BCUT2D eigenvalue weighted by molar-refractivity contribution is 5.66. The van der Waals surface area contributed by atoms with Crippen LogP contribution < -0.4 is 4.74 Å². The first-order chi connectivity index (χ1) is 8.85. The second-order valence-electron chi connectivity index (χ2n) is 6.30. The Labute approximate surface area is 114 Å². The fraction of sp³-hybridized carbons (Fsp3) is 0.533. The molecule has 1 amide bonds. The number of likely N-dealkylation sites (tertiary alicyclic amines) is 1. The molecule has 0 spiro atoms. The quantitative estimate of drug-likeness (QED) is 0.911. The van der Waals surface area contributed by atoms with Crippen LogP contribution in [0, 0.1) is 5.41 Å². The Morgan fingerprint density at radius 1 is 1.32 bits per heavy atom. The number of hydrogen-bond acceptors (Lipinski definition) is 2. The predicted octanol–water partition coefficient (Wildman–Crippen LogP) is 3.19. The van der Waals surface area contributed by atoms with Crippen molar-refractivity contribution in [2.24, 2.45) is 5.41 Å². The molecule has 1 aliphatic rings.